The van der Waals surface area contributed by atoms with Crippen molar-refractivity contribution in [3.8, 4) is 0 Å². The van der Waals surface area contributed by atoms with Gasteiger partial charge in [0, 0.05) is 23.5 Å². The molecule has 1 fully saturated rings. The molecule has 0 aromatic heterocycles. The number of benzene rings is 2. The van der Waals surface area contributed by atoms with Crippen LogP contribution in [0.1, 0.15) is 16.7 Å². The van der Waals surface area contributed by atoms with Crippen LogP contribution in [-0.4, -0.2) is 48.1 Å². The third kappa shape index (κ3) is 4.96. The average Bonchev–Trinajstić information content (AvgIpc) is 2.68. The van der Waals surface area contributed by atoms with Gasteiger partial charge in [-0.2, -0.15) is 0 Å². The number of aryl methyl sites for hydroxylation is 2. The molecule has 8 nitrogen and oxygen atoms in total. The Morgan fingerprint density at radius 3 is 2.53 bits per heavy atom. The van der Waals surface area contributed by atoms with Gasteiger partial charge in [0.25, 0.3) is 11.8 Å². The van der Waals surface area contributed by atoms with Gasteiger partial charge in [-0.15, -0.1) is 12.4 Å². The van der Waals surface area contributed by atoms with Crippen molar-refractivity contribution in [3.63, 3.8) is 0 Å². The second-order valence-electron chi connectivity index (χ2n) is 7.00. The molecule has 1 saturated heterocycles. The van der Waals surface area contributed by atoms with E-state index in [9.17, 15) is 14.7 Å². The standard InChI is InChI=1S/C21H24N4O4.ClH/c1-12-3-8-16(13(2)11-12)25-9-10-29-18(21(25)28)17(26)20(27)24-15-6-4-14(5-7-15)19(22)23;/h3-8,11,17-18,26H,9-10H2,1-2H3,(H3,22,23)(H,24,27);1H/t17-,18-;/m1./s1. The smallest absolute Gasteiger partial charge is 0.259 e. The molecule has 30 heavy (non-hydrogen) atoms. The highest BCUT2D eigenvalue weighted by molar-refractivity contribution is 6.04. The molecule has 5 N–H and O–H groups in total. The highest BCUT2D eigenvalue weighted by Crippen LogP contribution is 2.25. The van der Waals surface area contributed by atoms with Crippen LogP contribution >= 0.6 is 12.4 Å². The number of nitrogens with zero attached hydrogens (tertiary/aromatic N) is 1. The molecule has 2 atom stereocenters. The molecule has 0 bridgehead atoms. The molecule has 2 aromatic carbocycles. The van der Waals surface area contributed by atoms with E-state index in [4.69, 9.17) is 15.9 Å². The zero-order chi connectivity index (χ0) is 21.1. The van der Waals surface area contributed by atoms with Gasteiger partial charge in [-0.3, -0.25) is 15.0 Å². The van der Waals surface area contributed by atoms with Gasteiger partial charge in [0.2, 0.25) is 0 Å². The Morgan fingerprint density at radius 2 is 1.93 bits per heavy atom. The van der Waals surface area contributed by atoms with Gasteiger partial charge >= 0.3 is 0 Å². The number of amides is 2. The summed E-state index contributed by atoms with van der Waals surface area (Å²) in [5.74, 6) is -1.30. The molecule has 160 valence electrons. The molecule has 9 heteroatoms. The number of rotatable bonds is 5. The molecular formula is C21H25ClN4O4. The summed E-state index contributed by atoms with van der Waals surface area (Å²) in [4.78, 5) is 26.9. The molecule has 2 aromatic rings. The highest BCUT2D eigenvalue weighted by Gasteiger charge is 2.39. The van der Waals surface area contributed by atoms with Gasteiger partial charge < -0.3 is 25.8 Å². The fourth-order valence-electron chi connectivity index (χ4n) is 3.27. The SMILES string of the molecule is Cc1ccc(N2CCO[C@H]([C@@H](O)C(=O)Nc3ccc(C(=N)N)cc3)C2=O)c(C)c1.Cl. The average molecular weight is 433 g/mol. The van der Waals surface area contributed by atoms with Crippen LogP contribution in [0.25, 0.3) is 0 Å². The van der Waals surface area contributed by atoms with E-state index in [-0.39, 0.29) is 24.8 Å². The number of nitrogens with one attached hydrogen (secondary N) is 2. The largest absolute Gasteiger partial charge is 0.384 e. The zero-order valence-electron chi connectivity index (χ0n) is 16.7. The predicted molar refractivity (Wildman–Crippen MR) is 117 cm³/mol. The van der Waals surface area contributed by atoms with Crippen molar-refractivity contribution in [2.75, 3.05) is 23.4 Å². The lowest BCUT2D eigenvalue weighted by Gasteiger charge is -2.34. The number of nitrogens with two attached hydrogens (primary N) is 1. The molecule has 3 rings (SSSR count). The topological polar surface area (TPSA) is 129 Å². The number of aliphatic hydroxyl groups is 1. The monoisotopic (exact) mass is 432 g/mol. The van der Waals surface area contributed by atoms with Gasteiger partial charge in [0.15, 0.2) is 12.2 Å². The number of hydrogen-bond acceptors (Lipinski definition) is 5. The minimum absolute atomic E-state index is 0. The van der Waals surface area contributed by atoms with Crippen molar-refractivity contribution in [3.05, 3.63) is 59.2 Å². The number of amidine groups is 1. The molecule has 0 radical (unpaired) electrons. The lowest BCUT2D eigenvalue weighted by atomic mass is 10.1. The molecule has 1 heterocycles. The normalized spacial score (nSPS) is 17.1. The minimum Gasteiger partial charge on any atom is -0.384 e. The zero-order valence-corrected chi connectivity index (χ0v) is 17.5. The van der Waals surface area contributed by atoms with Gasteiger partial charge in [0.1, 0.15) is 5.84 Å². The Kier molecular flexibility index (Phi) is 7.55. The summed E-state index contributed by atoms with van der Waals surface area (Å²) in [5.41, 5.74) is 9.08. The van der Waals surface area contributed by atoms with E-state index in [1.165, 1.54) is 0 Å². The summed E-state index contributed by atoms with van der Waals surface area (Å²) in [6.45, 7) is 4.44. The van der Waals surface area contributed by atoms with Crippen LogP contribution in [0.3, 0.4) is 0 Å². The molecule has 0 aliphatic carbocycles. The number of halogens is 1. The summed E-state index contributed by atoms with van der Waals surface area (Å²) in [5, 5.41) is 20.4. The molecule has 1 aliphatic heterocycles. The maximum absolute atomic E-state index is 12.9. The van der Waals surface area contributed by atoms with Crippen LogP contribution in [0.15, 0.2) is 42.5 Å². The van der Waals surface area contributed by atoms with Crippen LogP contribution in [0.5, 0.6) is 0 Å². The van der Waals surface area contributed by atoms with Crippen molar-refractivity contribution in [2.45, 2.75) is 26.1 Å². The van der Waals surface area contributed by atoms with Crippen molar-refractivity contribution in [2.24, 2.45) is 5.73 Å². The van der Waals surface area contributed by atoms with Crippen molar-refractivity contribution in [1.29, 1.82) is 5.41 Å². The number of anilines is 2. The molecule has 1 aliphatic rings. The first-order valence-corrected chi connectivity index (χ1v) is 9.21. The number of carbonyl (C=O) groups excluding carboxylic acids is 2. The number of aliphatic hydroxyl groups excluding tert-OH is 1. The second-order valence-corrected chi connectivity index (χ2v) is 7.00. The molecule has 0 unspecified atom stereocenters. The Labute approximate surface area is 180 Å². The van der Waals surface area contributed by atoms with Crippen molar-refractivity contribution in [1.82, 2.24) is 0 Å². The van der Waals surface area contributed by atoms with Crippen LogP contribution in [-0.2, 0) is 14.3 Å². The van der Waals surface area contributed by atoms with Crippen LogP contribution in [0.4, 0.5) is 11.4 Å². The Morgan fingerprint density at radius 1 is 1.27 bits per heavy atom. The van der Waals surface area contributed by atoms with Crippen LogP contribution < -0.4 is 16.0 Å². The minimum atomic E-state index is -1.66. The Balaban J connectivity index is 0.00000320. The third-order valence-corrected chi connectivity index (χ3v) is 4.78. The predicted octanol–water partition coefficient (Wildman–Crippen LogP) is 1.74. The van der Waals surface area contributed by atoms with E-state index in [0.29, 0.717) is 17.8 Å². The number of hydrogen-bond donors (Lipinski definition) is 4. The van der Waals surface area contributed by atoms with Crippen molar-refractivity contribution >= 4 is 41.4 Å². The number of morpholine rings is 1. The second kappa shape index (κ2) is 9.71. The first-order chi connectivity index (χ1) is 13.8. The van der Waals surface area contributed by atoms with E-state index in [1.54, 1.807) is 29.2 Å². The molecule has 0 spiro atoms. The van der Waals surface area contributed by atoms with E-state index in [2.05, 4.69) is 5.32 Å². The van der Waals surface area contributed by atoms with E-state index in [1.807, 2.05) is 32.0 Å². The quantitative estimate of drug-likeness (QED) is 0.422. The summed E-state index contributed by atoms with van der Waals surface area (Å²) >= 11 is 0. The van der Waals surface area contributed by atoms with Gasteiger partial charge in [-0.05, 0) is 49.7 Å². The van der Waals surface area contributed by atoms with E-state index in [0.717, 1.165) is 16.8 Å². The summed E-state index contributed by atoms with van der Waals surface area (Å²) in [6, 6.07) is 12.0. The first-order valence-electron chi connectivity index (χ1n) is 9.21. The first kappa shape index (κ1) is 23.3. The van der Waals surface area contributed by atoms with Gasteiger partial charge in [-0.1, -0.05) is 17.7 Å². The van der Waals surface area contributed by atoms with Crippen LogP contribution in [0, 0.1) is 19.3 Å². The summed E-state index contributed by atoms with van der Waals surface area (Å²) in [6.07, 6.45) is -2.95. The number of nitrogen functional groups attached to an aromatic ring is 1. The van der Waals surface area contributed by atoms with E-state index < -0.39 is 24.0 Å². The fourth-order valence-corrected chi connectivity index (χ4v) is 3.27. The lowest BCUT2D eigenvalue weighted by Crippen LogP contribution is -2.55. The summed E-state index contributed by atoms with van der Waals surface area (Å²) < 4.78 is 5.43. The van der Waals surface area contributed by atoms with Crippen LogP contribution in [0.2, 0.25) is 0 Å². The van der Waals surface area contributed by atoms with Gasteiger partial charge in [0.05, 0.1) is 6.61 Å². The lowest BCUT2D eigenvalue weighted by molar-refractivity contribution is -0.150. The molecule has 0 saturated carbocycles. The molecule has 2 amide bonds. The molecular weight excluding hydrogens is 408 g/mol. The maximum atomic E-state index is 12.9. The third-order valence-electron chi connectivity index (χ3n) is 4.78. The summed E-state index contributed by atoms with van der Waals surface area (Å²) in [7, 11) is 0. The van der Waals surface area contributed by atoms with Gasteiger partial charge in [-0.25, -0.2) is 0 Å². The Bertz CT molecular complexity index is 949. The van der Waals surface area contributed by atoms with Crippen molar-refractivity contribution < 1.29 is 19.4 Å². The highest BCUT2D eigenvalue weighted by atomic mass is 35.5. The van der Waals surface area contributed by atoms with E-state index >= 15 is 0 Å². The number of carbonyl (C=O) groups is 2. The maximum Gasteiger partial charge on any atom is 0.259 e. The Hall–Kier alpha value is -2.94. The fraction of sp³-hybridized carbons (Fsp3) is 0.286. The number of ether oxygens (including phenoxy) is 1.